The van der Waals surface area contributed by atoms with E-state index in [9.17, 15) is 9.59 Å². The topological polar surface area (TPSA) is 70.7 Å². The number of benzene rings is 1. The molecule has 0 aliphatic carbocycles. The van der Waals surface area contributed by atoms with E-state index in [4.69, 9.17) is 4.74 Å². The minimum atomic E-state index is -0.128. The summed E-state index contributed by atoms with van der Waals surface area (Å²) in [6.45, 7) is 4.76. The van der Waals surface area contributed by atoms with Gasteiger partial charge in [-0.25, -0.2) is 0 Å². The van der Waals surface area contributed by atoms with E-state index in [1.807, 2.05) is 18.2 Å². The van der Waals surface area contributed by atoms with Crippen molar-refractivity contribution in [3.8, 4) is 5.75 Å². The van der Waals surface area contributed by atoms with Gasteiger partial charge in [0.15, 0.2) is 6.61 Å². The molecule has 1 aliphatic heterocycles. The van der Waals surface area contributed by atoms with Crippen molar-refractivity contribution < 1.29 is 14.3 Å². The largest absolute Gasteiger partial charge is 0.482 e. The van der Waals surface area contributed by atoms with Crippen LogP contribution in [0.15, 0.2) is 22.7 Å². The van der Waals surface area contributed by atoms with Crippen LogP contribution in [0, 0.1) is 0 Å². The number of nitrogens with zero attached hydrogens (tertiary/aromatic N) is 1. The van der Waals surface area contributed by atoms with Crippen LogP contribution in [0.5, 0.6) is 5.75 Å². The summed E-state index contributed by atoms with van der Waals surface area (Å²) < 4.78 is 6.32. The molecule has 0 spiro atoms. The standard InChI is InChI=1S/C16H22BrN3O3.ClH/c1-2-6-18-7-8-19-15(21)5-9-20-13-4-3-12(17)10-14(13)23-11-16(20)22;/h3-4,10,18H,2,5-9,11H2,1H3,(H,19,21);1H. The monoisotopic (exact) mass is 419 g/mol. The maximum absolute atomic E-state index is 12.0. The van der Waals surface area contributed by atoms with Crippen LogP contribution in [0.2, 0.25) is 0 Å². The van der Waals surface area contributed by atoms with Crippen molar-refractivity contribution in [3.63, 3.8) is 0 Å². The first kappa shape index (κ1) is 20.7. The molecule has 1 heterocycles. The minimum Gasteiger partial charge on any atom is -0.482 e. The van der Waals surface area contributed by atoms with Gasteiger partial charge >= 0.3 is 0 Å². The number of fused-ring (bicyclic) bond motifs is 1. The second kappa shape index (κ2) is 10.5. The third-order valence-electron chi connectivity index (χ3n) is 3.48. The molecule has 0 fully saturated rings. The molecule has 1 aromatic rings. The first-order valence-corrected chi connectivity index (χ1v) is 8.61. The van der Waals surface area contributed by atoms with Crippen LogP contribution in [0.25, 0.3) is 0 Å². The van der Waals surface area contributed by atoms with E-state index in [1.54, 1.807) is 4.90 Å². The summed E-state index contributed by atoms with van der Waals surface area (Å²) in [5, 5.41) is 6.07. The van der Waals surface area contributed by atoms with Crippen molar-refractivity contribution in [1.82, 2.24) is 10.6 Å². The number of anilines is 1. The molecular formula is C16H23BrClN3O3. The number of nitrogens with one attached hydrogen (secondary N) is 2. The van der Waals surface area contributed by atoms with E-state index >= 15 is 0 Å². The molecule has 0 unspecified atom stereocenters. The fourth-order valence-corrected chi connectivity index (χ4v) is 2.66. The van der Waals surface area contributed by atoms with Gasteiger partial charge in [-0.05, 0) is 31.2 Å². The SMILES string of the molecule is CCCNCCNC(=O)CCN1C(=O)COc2cc(Br)ccc21.Cl. The van der Waals surface area contributed by atoms with Gasteiger partial charge in [0.2, 0.25) is 5.91 Å². The number of halogens is 2. The van der Waals surface area contributed by atoms with Gasteiger partial charge in [-0.1, -0.05) is 22.9 Å². The van der Waals surface area contributed by atoms with Crippen molar-refractivity contribution in [2.24, 2.45) is 0 Å². The third-order valence-corrected chi connectivity index (χ3v) is 3.97. The lowest BCUT2D eigenvalue weighted by Gasteiger charge is -2.29. The fraction of sp³-hybridized carbons (Fsp3) is 0.500. The first-order valence-electron chi connectivity index (χ1n) is 7.82. The second-order valence-corrected chi connectivity index (χ2v) is 6.21. The highest BCUT2D eigenvalue weighted by Crippen LogP contribution is 2.34. The van der Waals surface area contributed by atoms with Gasteiger partial charge in [-0.15, -0.1) is 12.4 Å². The molecule has 1 aliphatic rings. The highest BCUT2D eigenvalue weighted by Gasteiger charge is 2.25. The highest BCUT2D eigenvalue weighted by molar-refractivity contribution is 9.10. The van der Waals surface area contributed by atoms with Crippen LogP contribution >= 0.6 is 28.3 Å². The van der Waals surface area contributed by atoms with Crippen LogP contribution in [-0.2, 0) is 9.59 Å². The van der Waals surface area contributed by atoms with Crippen molar-refractivity contribution in [1.29, 1.82) is 0 Å². The van der Waals surface area contributed by atoms with Gasteiger partial charge in [0.05, 0.1) is 5.69 Å². The second-order valence-electron chi connectivity index (χ2n) is 5.30. The molecule has 2 N–H and O–H groups in total. The quantitative estimate of drug-likeness (QED) is 0.632. The summed E-state index contributed by atoms with van der Waals surface area (Å²) in [4.78, 5) is 25.5. The maximum atomic E-state index is 12.0. The lowest BCUT2D eigenvalue weighted by atomic mass is 10.2. The summed E-state index contributed by atoms with van der Waals surface area (Å²) in [5.41, 5.74) is 0.710. The molecule has 8 heteroatoms. The smallest absolute Gasteiger partial charge is 0.265 e. The molecule has 0 saturated carbocycles. The number of carbonyl (C=O) groups is 2. The van der Waals surface area contributed by atoms with Crippen LogP contribution in [0.1, 0.15) is 19.8 Å². The zero-order valence-electron chi connectivity index (χ0n) is 13.6. The summed E-state index contributed by atoms with van der Waals surface area (Å²) >= 11 is 3.38. The van der Waals surface area contributed by atoms with Gasteiger partial charge in [0.25, 0.3) is 5.91 Å². The number of carbonyl (C=O) groups excluding carboxylic acids is 2. The Morgan fingerprint density at radius 2 is 2.12 bits per heavy atom. The Morgan fingerprint density at radius 3 is 2.88 bits per heavy atom. The predicted molar refractivity (Wildman–Crippen MR) is 100 cm³/mol. The Hall–Kier alpha value is -1.31. The van der Waals surface area contributed by atoms with E-state index in [1.165, 1.54) is 0 Å². The molecule has 2 rings (SSSR count). The Balaban J connectivity index is 0.00000288. The predicted octanol–water partition coefficient (Wildman–Crippen LogP) is 2.10. The summed E-state index contributed by atoms with van der Waals surface area (Å²) in [7, 11) is 0. The lowest BCUT2D eigenvalue weighted by Crippen LogP contribution is -2.41. The van der Waals surface area contributed by atoms with Crippen LogP contribution < -0.4 is 20.3 Å². The average Bonchev–Trinajstić information content (AvgIpc) is 2.54. The number of amides is 2. The molecule has 0 bridgehead atoms. The van der Waals surface area contributed by atoms with E-state index in [0.717, 1.165) is 24.0 Å². The summed E-state index contributed by atoms with van der Waals surface area (Å²) in [5.74, 6) is 0.474. The number of hydrogen-bond acceptors (Lipinski definition) is 4. The Bertz CT molecular complexity index is 571. The highest BCUT2D eigenvalue weighted by atomic mass is 79.9. The maximum Gasteiger partial charge on any atom is 0.265 e. The van der Waals surface area contributed by atoms with Crippen LogP contribution in [0.3, 0.4) is 0 Å². The molecule has 6 nitrogen and oxygen atoms in total. The fourth-order valence-electron chi connectivity index (χ4n) is 2.32. The molecule has 134 valence electrons. The number of ether oxygens (including phenoxy) is 1. The average molecular weight is 421 g/mol. The molecule has 2 amide bonds. The van der Waals surface area contributed by atoms with E-state index in [0.29, 0.717) is 24.5 Å². The van der Waals surface area contributed by atoms with Crippen molar-refractivity contribution >= 4 is 45.8 Å². The minimum absolute atomic E-state index is 0. The van der Waals surface area contributed by atoms with Crippen LogP contribution in [-0.4, -0.2) is 44.6 Å². The van der Waals surface area contributed by atoms with Gasteiger partial charge < -0.3 is 20.3 Å². The van der Waals surface area contributed by atoms with Gasteiger partial charge in [0, 0.05) is 30.5 Å². The van der Waals surface area contributed by atoms with E-state index in [2.05, 4.69) is 33.5 Å². The first-order chi connectivity index (χ1) is 11.1. The normalized spacial score (nSPS) is 12.9. The molecular weight excluding hydrogens is 398 g/mol. The molecule has 1 aromatic carbocycles. The zero-order chi connectivity index (χ0) is 16.7. The molecule has 0 saturated heterocycles. The van der Waals surface area contributed by atoms with Crippen molar-refractivity contribution in [2.45, 2.75) is 19.8 Å². The molecule has 0 aromatic heterocycles. The molecule has 0 atom stereocenters. The summed E-state index contributed by atoms with van der Waals surface area (Å²) in [6.07, 6.45) is 1.34. The molecule has 0 radical (unpaired) electrons. The lowest BCUT2D eigenvalue weighted by molar-refractivity contribution is -0.122. The van der Waals surface area contributed by atoms with Crippen molar-refractivity contribution in [2.75, 3.05) is 37.7 Å². The Labute approximate surface area is 156 Å². The summed E-state index contributed by atoms with van der Waals surface area (Å²) in [6, 6.07) is 5.50. The van der Waals surface area contributed by atoms with Gasteiger partial charge in [0.1, 0.15) is 5.75 Å². The molecule has 24 heavy (non-hydrogen) atoms. The van der Waals surface area contributed by atoms with E-state index in [-0.39, 0.29) is 37.2 Å². The Morgan fingerprint density at radius 1 is 1.33 bits per heavy atom. The number of hydrogen-bond donors (Lipinski definition) is 2. The zero-order valence-corrected chi connectivity index (χ0v) is 16.0. The van der Waals surface area contributed by atoms with E-state index < -0.39 is 0 Å². The number of rotatable bonds is 8. The van der Waals surface area contributed by atoms with Gasteiger partial charge in [-0.3, -0.25) is 9.59 Å². The van der Waals surface area contributed by atoms with Crippen molar-refractivity contribution in [3.05, 3.63) is 22.7 Å². The third kappa shape index (κ3) is 5.96. The Kier molecular flexibility index (Phi) is 9.10. The van der Waals surface area contributed by atoms with Crippen LogP contribution in [0.4, 0.5) is 5.69 Å². The van der Waals surface area contributed by atoms with Gasteiger partial charge in [-0.2, -0.15) is 0 Å².